The van der Waals surface area contributed by atoms with Gasteiger partial charge >= 0.3 is 0 Å². The van der Waals surface area contributed by atoms with Gasteiger partial charge in [-0.25, -0.2) is 0 Å². The second kappa shape index (κ2) is 6.15. The van der Waals surface area contributed by atoms with Gasteiger partial charge in [0.15, 0.2) is 0 Å². The summed E-state index contributed by atoms with van der Waals surface area (Å²) >= 11 is 0. The van der Waals surface area contributed by atoms with Gasteiger partial charge in [0.2, 0.25) is 0 Å². The van der Waals surface area contributed by atoms with Crippen LogP contribution in [0.5, 0.6) is 17.2 Å². The predicted molar refractivity (Wildman–Crippen MR) is 73.0 cm³/mol. The van der Waals surface area contributed by atoms with Crippen LogP contribution in [0.4, 0.5) is 0 Å². The number of hydrogen-bond donors (Lipinski definition) is 1. The summed E-state index contributed by atoms with van der Waals surface area (Å²) in [7, 11) is 4.79. The third-order valence-electron chi connectivity index (χ3n) is 3.90. The van der Waals surface area contributed by atoms with Crippen LogP contribution in [0, 0.1) is 5.92 Å². The van der Waals surface area contributed by atoms with Gasteiger partial charge in [0.1, 0.15) is 17.2 Å². The Kier molecular flexibility index (Phi) is 4.53. The van der Waals surface area contributed by atoms with Crippen molar-refractivity contribution in [2.75, 3.05) is 21.3 Å². The first kappa shape index (κ1) is 14.0. The number of hydrogen-bond acceptors (Lipinski definition) is 4. The van der Waals surface area contributed by atoms with E-state index in [0.717, 1.165) is 18.4 Å². The highest BCUT2D eigenvalue weighted by Gasteiger charge is 2.29. The smallest absolute Gasteiger partial charge is 0.132 e. The highest BCUT2D eigenvalue weighted by molar-refractivity contribution is 5.52. The van der Waals surface area contributed by atoms with Gasteiger partial charge in [-0.2, -0.15) is 0 Å². The molecule has 1 N–H and O–H groups in total. The molecule has 0 spiro atoms. The Bertz CT molecular complexity index is 399. The Labute approximate surface area is 114 Å². The van der Waals surface area contributed by atoms with Crippen LogP contribution < -0.4 is 14.2 Å². The van der Waals surface area contributed by atoms with Crippen LogP contribution in [0.15, 0.2) is 12.1 Å². The van der Waals surface area contributed by atoms with Crippen LogP contribution in [-0.4, -0.2) is 26.4 Å². The van der Waals surface area contributed by atoms with E-state index in [-0.39, 0.29) is 5.92 Å². The van der Waals surface area contributed by atoms with Crippen molar-refractivity contribution >= 4 is 0 Å². The Morgan fingerprint density at radius 1 is 1.00 bits per heavy atom. The second-order valence-electron chi connectivity index (χ2n) is 4.93. The molecule has 4 nitrogen and oxygen atoms in total. The van der Waals surface area contributed by atoms with Crippen LogP contribution in [0.25, 0.3) is 0 Å². The van der Waals surface area contributed by atoms with E-state index in [1.807, 2.05) is 0 Å². The fourth-order valence-electron chi connectivity index (χ4n) is 2.83. The van der Waals surface area contributed by atoms with Gasteiger partial charge in [-0.1, -0.05) is 12.8 Å². The zero-order valence-electron chi connectivity index (χ0n) is 11.8. The number of rotatable bonds is 5. The zero-order chi connectivity index (χ0) is 13.8. The molecule has 0 radical (unpaired) electrons. The zero-order valence-corrected chi connectivity index (χ0v) is 11.8. The molecule has 4 heteroatoms. The van der Waals surface area contributed by atoms with Gasteiger partial charge in [0.05, 0.1) is 33.0 Å². The molecular formula is C15H22O4. The lowest BCUT2D eigenvalue weighted by atomic mass is 9.93. The normalized spacial score (nSPS) is 17.3. The van der Waals surface area contributed by atoms with Crippen molar-refractivity contribution in [3.63, 3.8) is 0 Å². The lowest BCUT2D eigenvalue weighted by Crippen LogP contribution is -2.12. The molecule has 0 bridgehead atoms. The molecule has 106 valence electrons. The maximum Gasteiger partial charge on any atom is 0.132 e. The SMILES string of the molecule is COc1cc(OC)c(C(O)C2CCCC2)c(OC)c1. The number of methoxy groups -OCH3 is 3. The third-order valence-corrected chi connectivity index (χ3v) is 3.90. The Morgan fingerprint density at radius 3 is 1.95 bits per heavy atom. The Balaban J connectivity index is 2.40. The third kappa shape index (κ3) is 2.78. The van der Waals surface area contributed by atoms with Crippen molar-refractivity contribution < 1.29 is 19.3 Å². The minimum Gasteiger partial charge on any atom is -0.496 e. The molecule has 1 atom stereocenters. The molecule has 1 fully saturated rings. The molecule has 0 aromatic heterocycles. The summed E-state index contributed by atoms with van der Waals surface area (Å²) in [6.07, 6.45) is 3.93. The van der Waals surface area contributed by atoms with Gasteiger partial charge in [0, 0.05) is 12.1 Å². The number of benzene rings is 1. The molecule has 2 rings (SSSR count). The van der Waals surface area contributed by atoms with Gasteiger partial charge in [-0.3, -0.25) is 0 Å². The second-order valence-corrected chi connectivity index (χ2v) is 4.93. The van der Waals surface area contributed by atoms with Gasteiger partial charge in [0.25, 0.3) is 0 Å². The molecule has 1 saturated carbocycles. The quantitative estimate of drug-likeness (QED) is 0.890. The first-order valence-corrected chi connectivity index (χ1v) is 6.69. The molecule has 0 saturated heterocycles. The highest BCUT2D eigenvalue weighted by atomic mass is 16.5. The first-order chi connectivity index (χ1) is 9.21. The fourth-order valence-corrected chi connectivity index (χ4v) is 2.83. The molecule has 1 unspecified atom stereocenters. The summed E-state index contributed by atoms with van der Waals surface area (Å²) in [5.41, 5.74) is 0.734. The summed E-state index contributed by atoms with van der Waals surface area (Å²) in [6, 6.07) is 3.58. The van der Waals surface area contributed by atoms with E-state index in [1.165, 1.54) is 12.8 Å². The molecule has 0 amide bonds. The summed E-state index contributed by atoms with van der Waals surface area (Å²) in [5, 5.41) is 10.6. The molecule has 19 heavy (non-hydrogen) atoms. The first-order valence-electron chi connectivity index (χ1n) is 6.69. The predicted octanol–water partition coefficient (Wildman–Crippen LogP) is 2.94. The largest absolute Gasteiger partial charge is 0.496 e. The summed E-state index contributed by atoms with van der Waals surface area (Å²) < 4.78 is 16.0. The number of aliphatic hydroxyl groups is 1. The van der Waals surface area contributed by atoms with Crippen molar-refractivity contribution in [1.29, 1.82) is 0 Å². The monoisotopic (exact) mass is 266 g/mol. The van der Waals surface area contributed by atoms with E-state index < -0.39 is 6.10 Å². The summed E-state index contributed by atoms with van der Waals surface area (Å²) in [4.78, 5) is 0. The Morgan fingerprint density at radius 2 is 1.53 bits per heavy atom. The molecule has 0 heterocycles. The molecule has 1 aromatic rings. The highest BCUT2D eigenvalue weighted by Crippen LogP contribution is 2.44. The van der Waals surface area contributed by atoms with Crippen molar-refractivity contribution in [3.05, 3.63) is 17.7 Å². The van der Waals surface area contributed by atoms with Gasteiger partial charge < -0.3 is 19.3 Å². The summed E-state index contributed by atoms with van der Waals surface area (Å²) in [6.45, 7) is 0. The minimum atomic E-state index is -0.543. The lowest BCUT2D eigenvalue weighted by Gasteiger charge is -2.23. The van der Waals surface area contributed by atoms with Crippen molar-refractivity contribution in [2.24, 2.45) is 5.92 Å². The van der Waals surface area contributed by atoms with Crippen LogP contribution >= 0.6 is 0 Å². The molecular weight excluding hydrogens is 244 g/mol. The summed E-state index contributed by atoms with van der Waals surface area (Å²) in [5.74, 6) is 2.19. The van der Waals surface area contributed by atoms with Gasteiger partial charge in [-0.05, 0) is 18.8 Å². The number of aliphatic hydroxyl groups excluding tert-OH is 1. The van der Waals surface area contributed by atoms with E-state index in [0.29, 0.717) is 17.2 Å². The maximum atomic E-state index is 10.6. The van der Waals surface area contributed by atoms with Crippen LogP contribution in [0.2, 0.25) is 0 Å². The maximum absolute atomic E-state index is 10.6. The topological polar surface area (TPSA) is 47.9 Å². The van der Waals surface area contributed by atoms with E-state index in [4.69, 9.17) is 14.2 Å². The molecule has 0 aliphatic heterocycles. The van der Waals surface area contributed by atoms with Crippen molar-refractivity contribution in [1.82, 2.24) is 0 Å². The molecule has 1 aliphatic rings. The van der Waals surface area contributed by atoms with Crippen molar-refractivity contribution in [2.45, 2.75) is 31.8 Å². The standard InChI is InChI=1S/C15H22O4/c1-17-11-8-12(18-2)14(13(9-11)19-3)15(16)10-6-4-5-7-10/h8-10,15-16H,4-7H2,1-3H3. The minimum absolute atomic E-state index is 0.288. The molecule has 1 aliphatic carbocycles. The lowest BCUT2D eigenvalue weighted by molar-refractivity contribution is 0.105. The van der Waals surface area contributed by atoms with Gasteiger partial charge in [-0.15, -0.1) is 0 Å². The fraction of sp³-hybridized carbons (Fsp3) is 0.600. The van der Waals surface area contributed by atoms with E-state index >= 15 is 0 Å². The van der Waals surface area contributed by atoms with E-state index in [2.05, 4.69) is 0 Å². The van der Waals surface area contributed by atoms with E-state index in [1.54, 1.807) is 33.5 Å². The van der Waals surface area contributed by atoms with Crippen LogP contribution in [-0.2, 0) is 0 Å². The average Bonchev–Trinajstić information content (AvgIpc) is 2.99. The van der Waals surface area contributed by atoms with Crippen LogP contribution in [0.1, 0.15) is 37.4 Å². The Hall–Kier alpha value is -1.42. The molecule has 1 aromatic carbocycles. The van der Waals surface area contributed by atoms with E-state index in [9.17, 15) is 5.11 Å². The average molecular weight is 266 g/mol. The number of ether oxygens (including phenoxy) is 3. The van der Waals surface area contributed by atoms with Crippen molar-refractivity contribution in [3.8, 4) is 17.2 Å². The van der Waals surface area contributed by atoms with Crippen LogP contribution in [0.3, 0.4) is 0 Å².